The van der Waals surface area contributed by atoms with Gasteiger partial charge in [0.15, 0.2) is 0 Å². The number of benzene rings is 2. The average Bonchev–Trinajstić information content (AvgIpc) is 2.55. The Bertz CT molecular complexity index is 836. The lowest BCUT2D eigenvalue weighted by Gasteiger charge is -2.13. The number of aromatic nitrogens is 2. The van der Waals surface area contributed by atoms with E-state index in [-0.39, 0.29) is 11.2 Å². The SMILES string of the molecule is Cc1nc(S[C@H](C)C(=O)Nc2ccccc2)c2ccccc2n1. The Hall–Kier alpha value is -2.40. The van der Waals surface area contributed by atoms with Crippen LogP contribution in [0.1, 0.15) is 12.7 Å². The molecule has 1 atom stereocenters. The van der Waals surface area contributed by atoms with Crippen molar-refractivity contribution in [3.63, 3.8) is 0 Å². The first-order chi connectivity index (χ1) is 11.1. The molecule has 2 aromatic carbocycles. The van der Waals surface area contributed by atoms with Gasteiger partial charge < -0.3 is 5.32 Å². The lowest BCUT2D eigenvalue weighted by Crippen LogP contribution is -2.22. The molecule has 0 aliphatic heterocycles. The first-order valence-electron chi connectivity index (χ1n) is 7.39. The van der Waals surface area contributed by atoms with E-state index >= 15 is 0 Å². The number of hydrogen-bond acceptors (Lipinski definition) is 4. The largest absolute Gasteiger partial charge is 0.325 e. The van der Waals surface area contributed by atoms with Crippen molar-refractivity contribution in [1.82, 2.24) is 9.97 Å². The van der Waals surface area contributed by atoms with Crippen LogP contribution in [0.5, 0.6) is 0 Å². The lowest BCUT2D eigenvalue weighted by molar-refractivity contribution is -0.115. The van der Waals surface area contributed by atoms with Crippen LogP contribution in [0.4, 0.5) is 5.69 Å². The molecule has 116 valence electrons. The molecule has 23 heavy (non-hydrogen) atoms. The normalized spacial score (nSPS) is 12.1. The number of nitrogens with one attached hydrogen (secondary N) is 1. The Balaban J connectivity index is 1.80. The summed E-state index contributed by atoms with van der Waals surface area (Å²) in [7, 11) is 0. The van der Waals surface area contributed by atoms with E-state index in [1.165, 1.54) is 11.8 Å². The zero-order chi connectivity index (χ0) is 16.2. The zero-order valence-electron chi connectivity index (χ0n) is 13.0. The van der Waals surface area contributed by atoms with E-state index in [2.05, 4.69) is 15.3 Å². The van der Waals surface area contributed by atoms with E-state index < -0.39 is 0 Å². The topological polar surface area (TPSA) is 54.9 Å². The maximum absolute atomic E-state index is 12.4. The number of aryl methyl sites for hydroxylation is 1. The summed E-state index contributed by atoms with van der Waals surface area (Å²) in [4.78, 5) is 21.3. The van der Waals surface area contributed by atoms with Gasteiger partial charge in [0.2, 0.25) is 5.91 Å². The van der Waals surface area contributed by atoms with Crippen molar-refractivity contribution >= 4 is 34.3 Å². The Kier molecular flexibility index (Phi) is 4.57. The standard InChI is InChI=1S/C18H17N3OS/c1-12(17(22)21-14-8-4-3-5-9-14)23-18-15-10-6-7-11-16(15)19-13(2)20-18/h3-12H,1-2H3,(H,21,22)/t12-/m1/s1. The molecule has 0 unspecified atom stereocenters. The van der Waals surface area contributed by atoms with Crippen molar-refractivity contribution in [2.75, 3.05) is 5.32 Å². The van der Waals surface area contributed by atoms with Gasteiger partial charge >= 0.3 is 0 Å². The molecule has 1 amide bonds. The van der Waals surface area contributed by atoms with Crippen LogP contribution in [-0.4, -0.2) is 21.1 Å². The van der Waals surface area contributed by atoms with Crippen molar-refractivity contribution in [1.29, 1.82) is 0 Å². The molecular weight excluding hydrogens is 306 g/mol. The number of hydrogen-bond donors (Lipinski definition) is 1. The van der Waals surface area contributed by atoms with Crippen molar-refractivity contribution < 1.29 is 4.79 Å². The summed E-state index contributed by atoms with van der Waals surface area (Å²) in [6.07, 6.45) is 0. The van der Waals surface area contributed by atoms with Crippen LogP contribution in [0.15, 0.2) is 59.6 Å². The lowest BCUT2D eigenvalue weighted by atomic mass is 10.2. The minimum absolute atomic E-state index is 0.0402. The predicted octanol–water partition coefficient (Wildman–Crippen LogP) is 4.06. The van der Waals surface area contributed by atoms with E-state index in [1.807, 2.05) is 68.4 Å². The Morgan fingerprint density at radius 1 is 1.04 bits per heavy atom. The predicted molar refractivity (Wildman–Crippen MR) is 94.7 cm³/mol. The van der Waals surface area contributed by atoms with Crippen LogP contribution in [-0.2, 0) is 4.79 Å². The number of rotatable bonds is 4. The van der Waals surface area contributed by atoms with Gasteiger partial charge in [-0.2, -0.15) is 0 Å². The minimum Gasteiger partial charge on any atom is -0.325 e. The highest BCUT2D eigenvalue weighted by molar-refractivity contribution is 8.00. The Morgan fingerprint density at radius 2 is 1.74 bits per heavy atom. The molecular formula is C18H17N3OS. The summed E-state index contributed by atoms with van der Waals surface area (Å²) in [5.41, 5.74) is 1.70. The second-order valence-electron chi connectivity index (χ2n) is 5.21. The van der Waals surface area contributed by atoms with E-state index in [4.69, 9.17) is 0 Å². The van der Waals surface area contributed by atoms with Gasteiger partial charge in [-0.3, -0.25) is 4.79 Å². The maximum atomic E-state index is 12.4. The van der Waals surface area contributed by atoms with Crippen LogP contribution >= 0.6 is 11.8 Å². The van der Waals surface area contributed by atoms with Gasteiger partial charge in [0, 0.05) is 11.1 Å². The summed E-state index contributed by atoms with van der Waals surface area (Å²) in [6, 6.07) is 17.3. The molecule has 5 heteroatoms. The number of carbonyl (C=O) groups excluding carboxylic acids is 1. The molecule has 0 saturated carbocycles. The molecule has 1 aromatic heterocycles. The molecule has 0 bridgehead atoms. The van der Waals surface area contributed by atoms with E-state index in [0.717, 1.165) is 21.6 Å². The Morgan fingerprint density at radius 3 is 2.52 bits per heavy atom. The molecule has 4 nitrogen and oxygen atoms in total. The van der Waals surface area contributed by atoms with Gasteiger partial charge in [0.25, 0.3) is 0 Å². The molecule has 1 N–H and O–H groups in total. The third kappa shape index (κ3) is 3.68. The molecule has 0 aliphatic carbocycles. The molecule has 1 heterocycles. The highest BCUT2D eigenvalue weighted by Gasteiger charge is 2.17. The van der Waals surface area contributed by atoms with Crippen LogP contribution in [0.2, 0.25) is 0 Å². The van der Waals surface area contributed by atoms with Gasteiger partial charge in [-0.25, -0.2) is 9.97 Å². The van der Waals surface area contributed by atoms with Gasteiger partial charge in [0.05, 0.1) is 10.8 Å². The molecule has 0 aliphatic rings. The van der Waals surface area contributed by atoms with E-state index in [1.54, 1.807) is 0 Å². The number of para-hydroxylation sites is 2. The van der Waals surface area contributed by atoms with Crippen molar-refractivity contribution in [3.8, 4) is 0 Å². The third-order valence-electron chi connectivity index (χ3n) is 3.38. The van der Waals surface area contributed by atoms with Gasteiger partial charge in [-0.05, 0) is 32.0 Å². The maximum Gasteiger partial charge on any atom is 0.237 e. The molecule has 0 spiro atoms. The van der Waals surface area contributed by atoms with E-state index in [9.17, 15) is 4.79 Å². The summed E-state index contributed by atoms with van der Waals surface area (Å²) in [5.74, 6) is 0.670. The number of fused-ring (bicyclic) bond motifs is 1. The smallest absolute Gasteiger partial charge is 0.237 e. The fourth-order valence-corrected chi connectivity index (χ4v) is 3.22. The Labute approximate surface area is 139 Å². The van der Waals surface area contributed by atoms with E-state index in [0.29, 0.717) is 5.82 Å². The minimum atomic E-state index is -0.257. The first kappa shape index (κ1) is 15.5. The van der Waals surface area contributed by atoms with Gasteiger partial charge in [0.1, 0.15) is 10.9 Å². The van der Waals surface area contributed by atoms with Crippen molar-refractivity contribution in [2.24, 2.45) is 0 Å². The van der Waals surface area contributed by atoms with Crippen LogP contribution < -0.4 is 5.32 Å². The van der Waals surface area contributed by atoms with Crippen LogP contribution in [0.25, 0.3) is 10.9 Å². The number of carbonyl (C=O) groups is 1. The van der Waals surface area contributed by atoms with Crippen LogP contribution in [0, 0.1) is 6.92 Å². The number of thioether (sulfide) groups is 1. The number of nitrogens with zero attached hydrogens (tertiary/aromatic N) is 2. The highest BCUT2D eigenvalue weighted by Crippen LogP contribution is 2.29. The van der Waals surface area contributed by atoms with Gasteiger partial charge in [-0.15, -0.1) is 0 Å². The van der Waals surface area contributed by atoms with Crippen molar-refractivity contribution in [3.05, 3.63) is 60.4 Å². The monoisotopic (exact) mass is 323 g/mol. The fraction of sp³-hybridized carbons (Fsp3) is 0.167. The summed E-state index contributed by atoms with van der Waals surface area (Å²) < 4.78 is 0. The molecule has 0 radical (unpaired) electrons. The zero-order valence-corrected chi connectivity index (χ0v) is 13.8. The average molecular weight is 323 g/mol. The van der Waals surface area contributed by atoms with Crippen LogP contribution in [0.3, 0.4) is 0 Å². The molecule has 3 aromatic rings. The summed E-state index contributed by atoms with van der Waals surface area (Å²) in [6.45, 7) is 3.75. The van der Waals surface area contributed by atoms with Gasteiger partial charge in [-0.1, -0.05) is 48.2 Å². The summed E-state index contributed by atoms with van der Waals surface area (Å²) in [5, 5.41) is 4.48. The second kappa shape index (κ2) is 6.79. The van der Waals surface area contributed by atoms with Crippen molar-refractivity contribution in [2.45, 2.75) is 24.1 Å². The molecule has 0 fully saturated rings. The quantitative estimate of drug-likeness (QED) is 0.581. The fourth-order valence-electron chi connectivity index (χ4n) is 2.23. The molecule has 0 saturated heterocycles. The third-order valence-corrected chi connectivity index (χ3v) is 4.48. The summed E-state index contributed by atoms with van der Waals surface area (Å²) >= 11 is 1.45. The second-order valence-corrected chi connectivity index (χ2v) is 6.54. The first-order valence-corrected chi connectivity index (χ1v) is 8.27. The number of anilines is 1. The highest BCUT2D eigenvalue weighted by atomic mass is 32.2. The molecule has 3 rings (SSSR count). The number of amides is 1.